The van der Waals surface area contributed by atoms with Gasteiger partial charge in [0.25, 0.3) is 0 Å². The van der Waals surface area contributed by atoms with Crippen LogP contribution in [0.5, 0.6) is 0 Å². The van der Waals surface area contributed by atoms with E-state index in [0.29, 0.717) is 0 Å². The highest BCUT2D eigenvalue weighted by atomic mass is 15.3. The molecule has 0 fully saturated rings. The van der Waals surface area contributed by atoms with Crippen molar-refractivity contribution >= 4 is 0 Å². The number of hydrogen-bond acceptors (Lipinski definition) is 4. The van der Waals surface area contributed by atoms with E-state index in [0.717, 1.165) is 57.8 Å². The molecule has 116 valence electrons. The topological polar surface area (TPSA) is 81.3 Å². The number of unbranched alkanes of at least 4 members (excludes halogenated alkanes) is 3. The summed E-state index contributed by atoms with van der Waals surface area (Å²) in [7, 11) is 0. The highest BCUT2D eigenvalue weighted by molar-refractivity contribution is 4.77. The van der Waals surface area contributed by atoms with Crippen LogP contribution in [0.15, 0.2) is 0 Å². The molecule has 0 spiro atoms. The molecule has 0 radical (unpaired) electrons. The minimum absolute atomic E-state index is 0.00124. The maximum absolute atomic E-state index is 6.32. The Bertz CT molecular complexity index is 165. The second-order valence-electron chi connectivity index (χ2n) is 5.58. The van der Waals surface area contributed by atoms with Crippen LogP contribution >= 0.6 is 0 Å². The third kappa shape index (κ3) is 7.88. The molecule has 0 saturated carbocycles. The maximum atomic E-state index is 6.32. The summed E-state index contributed by atoms with van der Waals surface area (Å²) in [5, 5.41) is 0. The van der Waals surface area contributed by atoms with Crippen molar-refractivity contribution in [2.24, 2.45) is 17.2 Å². The second-order valence-corrected chi connectivity index (χ2v) is 5.58. The number of hydrogen-bond donors (Lipinski definition) is 3. The molecule has 0 bridgehead atoms. The fraction of sp³-hybridized carbons (Fsp3) is 1.00. The Morgan fingerprint density at radius 3 is 1.11 bits per heavy atom. The van der Waals surface area contributed by atoms with E-state index in [1.807, 2.05) is 0 Å². The molecule has 3 atom stereocenters. The largest absolute Gasteiger partial charge is 0.316 e. The summed E-state index contributed by atoms with van der Waals surface area (Å²) in [6.07, 6.45) is 9.84. The zero-order valence-electron chi connectivity index (χ0n) is 13.3. The first-order valence-electron chi connectivity index (χ1n) is 8.12. The minimum atomic E-state index is -0.00124. The van der Waals surface area contributed by atoms with E-state index in [1.54, 1.807) is 0 Å². The molecule has 0 aliphatic rings. The molecule has 19 heavy (non-hydrogen) atoms. The van der Waals surface area contributed by atoms with Crippen LogP contribution in [-0.4, -0.2) is 23.4 Å². The molecule has 0 rings (SSSR count). The normalized spacial score (nSPS) is 16.6. The molecule has 6 N–H and O–H groups in total. The van der Waals surface area contributed by atoms with Crippen molar-refractivity contribution in [2.45, 2.75) is 97.1 Å². The SMILES string of the molecule is CCCCC(N)N(C(N)CCCC)C(N)CCCC. The average Bonchev–Trinajstić information content (AvgIpc) is 2.40. The highest BCUT2D eigenvalue weighted by Gasteiger charge is 2.25. The Morgan fingerprint density at radius 2 is 0.895 bits per heavy atom. The smallest absolute Gasteiger partial charge is 0.0600 e. The first-order valence-corrected chi connectivity index (χ1v) is 8.12. The van der Waals surface area contributed by atoms with E-state index in [9.17, 15) is 0 Å². The first kappa shape index (κ1) is 18.8. The lowest BCUT2D eigenvalue weighted by Gasteiger charge is -2.38. The van der Waals surface area contributed by atoms with E-state index >= 15 is 0 Å². The van der Waals surface area contributed by atoms with Crippen LogP contribution in [0.4, 0.5) is 0 Å². The molecule has 0 aromatic carbocycles. The minimum Gasteiger partial charge on any atom is -0.316 e. The monoisotopic (exact) mass is 272 g/mol. The number of nitrogens with zero attached hydrogens (tertiary/aromatic N) is 1. The molecule has 0 aromatic heterocycles. The van der Waals surface area contributed by atoms with Crippen LogP contribution < -0.4 is 17.2 Å². The van der Waals surface area contributed by atoms with Gasteiger partial charge >= 0.3 is 0 Å². The summed E-state index contributed by atoms with van der Waals surface area (Å²) in [5.41, 5.74) is 18.9. The van der Waals surface area contributed by atoms with E-state index < -0.39 is 0 Å². The van der Waals surface area contributed by atoms with Gasteiger partial charge < -0.3 is 17.2 Å². The average molecular weight is 272 g/mol. The standard InChI is InChI=1S/C15H36N4/c1-4-7-10-13(16)19(14(17)11-8-5-2)15(18)12-9-6-3/h13-15H,4-12,16-18H2,1-3H3. The third-order valence-electron chi connectivity index (χ3n) is 3.71. The molecule has 0 aliphatic carbocycles. The maximum Gasteiger partial charge on any atom is 0.0600 e. The van der Waals surface area contributed by atoms with Gasteiger partial charge in [-0.25, -0.2) is 0 Å². The lowest BCUT2D eigenvalue weighted by atomic mass is 10.1. The van der Waals surface area contributed by atoms with Gasteiger partial charge in [-0.2, -0.15) is 0 Å². The van der Waals surface area contributed by atoms with Crippen molar-refractivity contribution in [1.29, 1.82) is 0 Å². The summed E-state index contributed by atoms with van der Waals surface area (Å²) in [6.45, 7) is 6.56. The Kier molecular flexibility index (Phi) is 11.6. The highest BCUT2D eigenvalue weighted by Crippen LogP contribution is 2.15. The molecule has 3 unspecified atom stereocenters. The van der Waals surface area contributed by atoms with Crippen LogP contribution in [0, 0.1) is 0 Å². The summed E-state index contributed by atoms with van der Waals surface area (Å²) in [4.78, 5) is 2.15. The van der Waals surface area contributed by atoms with Crippen molar-refractivity contribution in [2.75, 3.05) is 0 Å². The van der Waals surface area contributed by atoms with Gasteiger partial charge in [-0.1, -0.05) is 59.3 Å². The van der Waals surface area contributed by atoms with Crippen molar-refractivity contribution in [3.63, 3.8) is 0 Å². The van der Waals surface area contributed by atoms with Crippen LogP contribution in [-0.2, 0) is 0 Å². The van der Waals surface area contributed by atoms with Gasteiger partial charge in [0.1, 0.15) is 0 Å². The predicted octanol–water partition coefficient (Wildman–Crippen LogP) is 2.71. The molecular weight excluding hydrogens is 236 g/mol. The lowest BCUT2D eigenvalue weighted by molar-refractivity contribution is 0.0664. The Hall–Kier alpha value is -0.160. The Morgan fingerprint density at radius 1 is 0.632 bits per heavy atom. The van der Waals surface area contributed by atoms with Crippen LogP contribution in [0.1, 0.15) is 78.6 Å². The van der Waals surface area contributed by atoms with E-state index in [2.05, 4.69) is 25.7 Å². The number of nitrogens with two attached hydrogens (primary N) is 3. The van der Waals surface area contributed by atoms with Gasteiger partial charge in [0.05, 0.1) is 18.5 Å². The van der Waals surface area contributed by atoms with Gasteiger partial charge in [0.2, 0.25) is 0 Å². The summed E-state index contributed by atoms with van der Waals surface area (Å²) >= 11 is 0. The summed E-state index contributed by atoms with van der Waals surface area (Å²) in [5.74, 6) is 0. The zero-order chi connectivity index (χ0) is 14.7. The van der Waals surface area contributed by atoms with Gasteiger partial charge in [-0.15, -0.1) is 0 Å². The van der Waals surface area contributed by atoms with E-state index in [1.165, 1.54) is 0 Å². The predicted molar refractivity (Wildman–Crippen MR) is 84.3 cm³/mol. The van der Waals surface area contributed by atoms with E-state index in [-0.39, 0.29) is 18.5 Å². The van der Waals surface area contributed by atoms with Gasteiger partial charge in [-0.3, -0.25) is 4.90 Å². The van der Waals surface area contributed by atoms with Gasteiger partial charge in [0, 0.05) is 0 Å². The van der Waals surface area contributed by atoms with Crippen molar-refractivity contribution in [3.05, 3.63) is 0 Å². The zero-order valence-corrected chi connectivity index (χ0v) is 13.3. The lowest BCUT2D eigenvalue weighted by Crippen LogP contribution is -2.59. The van der Waals surface area contributed by atoms with Crippen molar-refractivity contribution in [3.8, 4) is 0 Å². The van der Waals surface area contributed by atoms with Crippen molar-refractivity contribution < 1.29 is 0 Å². The second kappa shape index (κ2) is 11.6. The van der Waals surface area contributed by atoms with Gasteiger partial charge in [0.15, 0.2) is 0 Å². The fourth-order valence-electron chi connectivity index (χ4n) is 2.42. The third-order valence-corrected chi connectivity index (χ3v) is 3.71. The molecule has 0 saturated heterocycles. The fourth-order valence-corrected chi connectivity index (χ4v) is 2.42. The Labute approximate surface area is 120 Å². The Balaban J connectivity index is 4.50. The quantitative estimate of drug-likeness (QED) is 0.477. The first-order chi connectivity index (χ1) is 9.08. The van der Waals surface area contributed by atoms with Crippen LogP contribution in [0.2, 0.25) is 0 Å². The molecule has 0 aromatic rings. The van der Waals surface area contributed by atoms with Crippen LogP contribution in [0.3, 0.4) is 0 Å². The summed E-state index contributed by atoms with van der Waals surface area (Å²) in [6, 6.07) is 0. The van der Waals surface area contributed by atoms with Crippen molar-refractivity contribution in [1.82, 2.24) is 4.90 Å². The summed E-state index contributed by atoms with van der Waals surface area (Å²) < 4.78 is 0. The van der Waals surface area contributed by atoms with E-state index in [4.69, 9.17) is 17.2 Å². The molecule has 0 heterocycles. The molecule has 4 heteroatoms. The van der Waals surface area contributed by atoms with Crippen LogP contribution in [0.25, 0.3) is 0 Å². The molecule has 4 nitrogen and oxygen atoms in total. The van der Waals surface area contributed by atoms with Gasteiger partial charge in [-0.05, 0) is 19.3 Å². The molecular formula is C15H36N4. The molecule has 0 aliphatic heterocycles. The molecule has 0 amide bonds. The number of rotatable bonds is 12.